The summed E-state index contributed by atoms with van der Waals surface area (Å²) in [5, 5.41) is 4.31. The fourth-order valence-electron chi connectivity index (χ4n) is 2.27. The molecule has 1 amide bonds. The third kappa shape index (κ3) is 3.20. The SMILES string of the molecule is CCN(CC)C(=O)C(C)NCc1cc2ccccc2o1. The average Bonchev–Trinajstić information content (AvgIpc) is 2.88. The van der Waals surface area contributed by atoms with E-state index in [9.17, 15) is 4.79 Å². The highest BCUT2D eigenvalue weighted by Gasteiger charge is 2.17. The Balaban J connectivity index is 1.95. The van der Waals surface area contributed by atoms with Gasteiger partial charge in [-0.1, -0.05) is 18.2 Å². The van der Waals surface area contributed by atoms with Crippen LogP contribution in [0.25, 0.3) is 11.0 Å². The smallest absolute Gasteiger partial charge is 0.239 e. The Kier molecular flexibility index (Phi) is 4.79. The Bertz CT molecular complexity index is 540. The van der Waals surface area contributed by atoms with E-state index in [0.29, 0.717) is 6.54 Å². The number of benzene rings is 1. The molecule has 0 bridgehead atoms. The molecule has 0 fully saturated rings. The second-order valence-electron chi connectivity index (χ2n) is 4.86. The first-order valence-electron chi connectivity index (χ1n) is 7.15. The third-order valence-electron chi connectivity index (χ3n) is 3.50. The van der Waals surface area contributed by atoms with Crippen LogP contribution in [0, 0.1) is 0 Å². The van der Waals surface area contributed by atoms with E-state index in [4.69, 9.17) is 4.42 Å². The molecule has 0 aliphatic heterocycles. The standard InChI is InChI=1S/C16H22N2O2/c1-4-18(5-2)16(19)12(3)17-11-14-10-13-8-6-7-9-15(13)20-14/h6-10,12,17H,4-5,11H2,1-3H3. The lowest BCUT2D eigenvalue weighted by Gasteiger charge is -2.23. The number of nitrogens with one attached hydrogen (secondary N) is 1. The van der Waals surface area contributed by atoms with Gasteiger partial charge in [0.2, 0.25) is 5.91 Å². The molecule has 0 radical (unpaired) electrons. The van der Waals surface area contributed by atoms with Crippen LogP contribution in [0.5, 0.6) is 0 Å². The van der Waals surface area contributed by atoms with Crippen molar-refractivity contribution >= 4 is 16.9 Å². The van der Waals surface area contributed by atoms with E-state index in [1.165, 1.54) is 0 Å². The fourth-order valence-corrected chi connectivity index (χ4v) is 2.27. The first-order valence-corrected chi connectivity index (χ1v) is 7.15. The first-order chi connectivity index (χ1) is 9.65. The van der Waals surface area contributed by atoms with Crippen LogP contribution in [-0.4, -0.2) is 29.9 Å². The number of hydrogen-bond acceptors (Lipinski definition) is 3. The van der Waals surface area contributed by atoms with Crippen LogP contribution in [0.1, 0.15) is 26.5 Å². The summed E-state index contributed by atoms with van der Waals surface area (Å²) in [5.74, 6) is 0.983. The summed E-state index contributed by atoms with van der Waals surface area (Å²) in [5.41, 5.74) is 0.882. The summed E-state index contributed by atoms with van der Waals surface area (Å²) in [6.07, 6.45) is 0. The summed E-state index contributed by atoms with van der Waals surface area (Å²) in [6, 6.07) is 9.72. The molecule has 1 aromatic heterocycles. The number of fused-ring (bicyclic) bond motifs is 1. The molecule has 1 N–H and O–H groups in total. The van der Waals surface area contributed by atoms with Gasteiger partial charge < -0.3 is 9.32 Å². The number of hydrogen-bond donors (Lipinski definition) is 1. The summed E-state index contributed by atoms with van der Waals surface area (Å²) in [4.78, 5) is 14.0. The highest BCUT2D eigenvalue weighted by atomic mass is 16.3. The van der Waals surface area contributed by atoms with Gasteiger partial charge in [-0.05, 0) is 32.9 Å². The molecular weight excluding hydrogens is 252 g/mol. The number of nitrogens with zero attached hydrogens (tertiary/aromatic N) is 1. The summed E-state index contributed by atoms with van der Waals surface area (Å²) in [7, 11) is 0. The molecule has 0 aliphatic carbocycles. The minimum absolute atomic E-state index is 0.131. The minimum Gasteiger partial charge on any atom is -0.460 e. The van der Waals surface area contributed by atoms with Crippen molar-refractivity contribution in [3.05, 3.63) is 36.1 Å². The van der Waals surface area contributed by atoms with Crippen LogP contribution in [0.2, 0.25) is 0 Å². The van der Waals surface area contributed by atoms with Crippen LogP contribution in [-0.2, 0) is 11.3 Å². The molecule has 1 atom stereocenters. The fraction of sp³-hybridized carbons (Fsp3) is 0.438. The van der Waals surface area contributed by atoms with Crippen molar-refractivity contribution in [2.24, 2.45) is 0 Å². The van der Waals surface area contributed by atoms with Crippen LogP contribution < -0.4 is 5.32 Å². The monoisotopic (exact) mass is 274 g/mol. The molecule has 1 aromatic carbocycles. The van der Waals surface area contributed by atoms with Gasteiger partial charge in [0.1, 0.15) is 11.3 Å². The Morgan fingerprint density at radius 2 is 2.00 bits per heavy atom. The number of likely N-dealkylation sites (N-methyl/N-ethyl adjacent to an activating group) is 1. The number of carbonyl (C=O) groups is 1. The van der Waals surface area contributed by atoms with E-state index in [2.05, 4.69) is 5.32 Å². The lowest BCUT2D eigenvalue weighted by molar-refractivity contribution is -0.132. The molecule has 0 saturated heterocycles. The molecule has 1 unspecified atom stereocenters. The van der Waals surface area contributed by atoms with Gasteiger partial charge in [0.25, 0.3) is 0 Å². The maximum Gasteiger partial charge on any atom is 0.239 e. The molecule has 2 rings (SSSR count). The number of para-hydroxylation sites is 1. The van der Waals surface area contributed by atoms with Gasteiger partial charge in [0, 0.05) is 18.5 Å². The molecule has 4 nitrogen and oxygen atoms in total. The maximum absolute atomic E-state index is 12.1. The van der Waals surface area contributed by atoms with E-state index in [0.717, 1.165) is 29.8 Å². The van der Waals surface area contributed by atoms with Crippen molar-refractivity contribution in [3.63, 3.8) is 0 Å². The van der Waals surface area contributed by atoms with Gasteiger partial charge in [-0.2, -0.15) is 0 Å². The van der Waals surface area contributed by atoms with Gasteiger partial charge >= 0.3 is 0 Å². The van der Waals surface area contributed by atoms with Gasteiger partial charge in [0.15, 0.2) is 0 Å². The molecule has 4 heteroatoms. The van der Waals surface area contributed by atoms with Crippen LogP contribution in [0.4, 0.5) is 0 Å². The largest absolute Gasteiger partial charge is 0.460 e. The number of rotatable bonds is 6. The highest BCUT2D eigenvalue weighted by molar-refractivity contribution is 5.81. The van der Waals surface area contributed by atoms with Gasteiger partial charge in [-0.3, -0.25) is 10.1 Å². The van der Waals surface area contributed by atoms with Crippen molar-refractivity contribution in [3.8, 4) is 0 Å². The van der Waals surface area contributed by atoms with E-state index >= 15 is 0 Å². The molecule has 0 saturated carbocycles. The maximum atomic E-state index is 12.1. The molecule has 108 valence electrons. The van der Waals surface area contributed by atoms with Crippen LogP contribution in [0.3, 0.4) is 0 Å². The Labute approximate surface area is 119 Å². The van der Waals surface area contributed by atoms with E-state index < -0.39 is 0 Å². The van der Waals surface area contributed by atoms with E-state index in [-0.39, 0.29) is 11.9 Å². The van der Waals surface area contributed by atoms with E-state index in [1.807, 2.05) is 56.0 Å². The average molecular weight is 274 g/mol. The van der Waals surface area contributed by atoms with Gasteiger partial charge in [-0.15, -0.1) is 0 Å². The first kappa shape index (κ1) is 14.6. The molecule has 0 spiro atoms. The summed E-state index contributed by atoms with van der Waals surface area (Å²) >= 11 is 0. The van der Waals surface area contributed by atoms with Crippen molar-refractivity contribution in [1.29, 1.82) is 0 Å². The Morgan fingerprint density at radius 3 is 2.65 bits per heavy atom. The van der Waals surface area contributed by atoms with Crippen molar-refractivity contribution in [2.45, 2.75) is 33.4 Å². The van der Waals surface area contributed by atoms with Gasteiger partial charge in [-0.25, -0.2) is 0 Å². The molecular formula is C16H22N2O2. The number of carbonyl (C=O) groups excluding carboxylic acids is 1. The zero-order chi connectivity index (χ0) is 14.5. The minimum atomic E-state index is -0.205. The Morgan fingerprint density at radius 1 is 1.30 bits per heavy atom. The molecule has 1 heterocycles. The molecule has 2 aromatic rings. The number of furan rings is 1. The predicted molar refractivity (Wildman–Crippen MR) is 80.4 cm³/mol. The van der Waals surface area contributed by atoms with Gasteiger partial charge in [0.05, 0.1) is 12.6 Å². The summed E-state index contributed by atoms with van der Waals surface area (Å²) < 4.78 is 5.72. The third-order valence-corrected chi connectivity index (χ3v) is 3.50. The van der Waals surface area contributed by atoms with Crippen molar-refractivity contribution in [2.75, 3.05) is 13.1 Å². The lowest BCUT2D eigenvalue weighted by atomic mass is 10.2. The topological polar surface area (TPSA) is 45.5 Å². The zero-order valence-electron chi connectivity index (χ0n) is 12.3. The van der Waals surface area contributed by atoms with Crippen molar-refractivity contribution < 1.29 is 9.21 Å². The molecule has 20 heavy (non-hydrogen) atoms. The van der Waals surface area contributed by atoms with Crippen LogP contribution in [0.15, 0.2) is 34.7 Å². The van der Waals surface area contributed by atoms with E-state index in [1.54, 1.807) is 0 Å². The summed E-state index contributed by atoms with van der Waals surface area (Å²) in [6.45, 7) is 7.92. The number of amides is 1. The van der Waals surface area contributed by atoms with Crippen molar-refractivity contribution in [1.82, 2.24) is 10.2 Å². The second kappa shape index (κ2) is 6.57. The molecule has 0 aliphatic rings. The normalized spacial score (nSPS) is 12.6. The highest BCUT2D eigenvalue weighted by Crippen LogP contribution is 2.18. The Hall–Kier alpha value is -1.81. The quantitative estimate of drug-likeness (QED) is 0.881. The second-order valence-corrected chi connectivity index (χ2v) is 4.86. The predicted octanol–water partition coefficient (Wildman–Crippen LogP) is 2.78. The zero-order valence-corrected chi connectivity index (χ0v) is 12.3. The van der Waals surface area contributed by atoms with Crippen LogP contribution >= 0.6 is 0 Å². The lowest BCUT2D eigenvalue weighted by Crippen LogP contribution is -2.44.